The molecule has 1 aromatic heterocycles. The number of nitrogens with one attached hydrogen (secondary N) is 2. The number of carbonyl (C=O) groups excluding carboxylic acids is 1. The number of primary amides is 1. The third-order valence-electron chi connectivity index (χ3n) is 2.35. The summed E-state index contributed by atoms with van der Waals surface area (Å²) in [6.45, 7) is 0. The number of rotatable bonds is 4. The summed E-state index contributed by atoms with van der Waals surface area (Å²) in [5, 5.41) is 24.9. The zero-order valence-corrected chi connectivity index (χ0v) is 11.5. The van der Waals surface area contributed by atoms with Crippen molar-refractivity contribution in [3.05, 3.63) is 40.3 Å². The Morgan fingerprint density at radius 2 is 2.35 bits per heavy atom. The molecule has 0 unspecified atom stereocenters. The standard InChI is InChI=1S/C11H8BrN7O/c12-8-3-1-2-7(10(14)20)9(8)15-5-6(4-13)11-16-18-19-17-11/h1-3,5,15H,(H2,14,20)(H,16,17,18,19). The van der Waals surface area contributed by atoms with Crippen LogP contribution in [0.1, 0.15) is 16.2 Å². The molecule has 0 radical (unpaired) electrons. The third kappa shape index (κ3) is 2.81. The predicted octanol–water partition coefficient (Wildman–Crippen LogP) is 1.04. The van der Waals surface area contributed by atoms with Gasteiger partial charge in [-0.25, -0.2) is 0 Å². The van der Waals surface area contributed by atoms with E-state index in [4.69, 9.17) is 11.0 Å². The molecule has 100 valence electrons. The Morgan fingerprint density at radius 1 is 1.55 bits per heavy atom. The van der Waals surface area contributed by atoms with Crippen LogP contribution in [0.4, 0.5) is 5.69 Å². The first-order valence-electron chi connectivity index (χ1n) is 5.32. The van der Waals surface area contributed by atoms with Gasteiger partial charge in [-0.2, -0.15) is 10.5 Å². The highest BCUT2D eigenvalue weighted by molar-refractivity contribution is 9.10. The highest BCUT2D eigenvalue weighted by Crippen LogP contribution is 2.26. The zero-order valence-electron chi connectivity index (χ0n) is 9.96. The number of H-pyrrole nitrogens is 1. The maximum atomic E-state index is 11.4. The number of tetrazole rings is 1. The fourth-order valence-electron chi connectivity index (χ4n) is 1.44. The fourth-order valence-corrected chi connectivity index (χ4v) is 1.92. The number of halogens is 1. The summed E-state index contributed by atoms with van der Waals surface area (Å²) < 4.78 is 0.635. The smallest absolute Gasteiger partial charge is 0.250 e. The van der Waals surface area contributed by atoms with Crippen molar-refractivity contribution in [3.8, 4) is 6.07 Å². The molecule has 1 amide bonds. The Hall–Kier alpha value is -2.73. The first kappa shape index (κ1) is 13.7. The highest BCUT2D eigenvalue weighted by Gasteiger charge is 2.11. The van der Waals surface area contributed by atoms with Crippen LogP contribution in [0.5, 0.6) is 0 Å². The molecule has 0 aliphatic carbocycles. The number of aromatic amines is 1. The molecule has 4 N–H and O–H groups in total. The molecule has 0 spiro atoms. The molecular formula is C11H8BrN7O. The number of aromatic nitrogens is 4. The first-order chi connectivity index (χ1) is 9.63. The predicted molar refractivity (Wildman–Crippen MR) is 74.1 cm³/mol. The van der Waals surface area contributed by atoms with E-state index in [2.05, 4.69) is 41.9 Å². The first-order valence-corrected chi connectivity index (χ1v) is 6.11. The van der Waals surface area contributed by atoms with Crippen LogP contribution in [0.3, 0.4) is 0 Å². The van der Waals surface area contributed by atoms with Gasteiger partial charge in [-0.15, -0.1) is 10.2 Å². The van der Waals surface area contributed by atoms with Gasteiger partial charge in [0.1, 0.15) is 11.6 Å². The SMILES string of the molecule is N#CC(=CNc1c(Br)cccc1C(N)=O)c1nn[nH]n1. The summed E-state index contributed by atoms with van der Waals surface area (Å²) >= 11 is 3.30. The molecule has 2 aromatic rings. The van der Waals surface area contributed by atoms with Gasteiger partial charge in [0.25, 0.3) is 5.91 Å². The number of nitrogens with zero attached hydrogens (tertiary/aromatic N) is 4. The normalized spacial score (nSPS) is 10.9. The summed E-state index contributed by atoms with van der Waals surface area (Å²) in [6.07, 6.45) is 1.37. The minimum Gasteiger partial charge on any atom is -0.366 e. The van der Waals surface area contributed by atoms with Crippen LogP contribution >= 0.6 is 15.9 Å². The monoisotopic (exact) mass is 333 g/mol. The van der Waals surface area contributed by atoms with Crippen LogP contribution in [0.2, 0.25) is 0 Å². The maximum Gasteiger partial charge on any atom is 0.250 e. The largest absolute Gasteiger partial charge is 0.366 e. The highest BCUT2D eigenvalue weighted by atomic mass is 79.9. The number of allylic oxidation sites excluding steroid dienone is 1. The lowest BCUT2D eigenvalue weighted by Gasteiger charge is -2.08. The number of para-hydroxylation sites is 1. The number of hydrogen-bond acceptors (Lipinski definition) is 6. The molecule has 0 fully saturated rings. The molecule has 0 saturated carbocycles. The van der Waals surface area contributed by atoms with E-state index in [-0.39, 0.29) is 11.4 Å². The minimum absolute atomic E-state index is 0.146. The lowest BCUT2D eigenvalue weighted by Crippen LogP contribution is -2.13. The van der Waals surface area contributed by atoms with Crippen molar-refractivity contribution in [3.63, 3.8) is 0 Å². The molecular weight excluding hydrogens is 326 g/mol. The molecule has 9 heteroatoms. The number of hydrogen-bond donors (Lipinski definition) is 3. The molecule has 0 aliphatic rings. The van der Waals surface area contributed by atoms with Crippen LogP contribution in [0.15, 0.2) is 28.9 Å². The van der Waals surface area contributed by atoms with Gasteiger partial charge < -0.3 is 11.1 Å². The van der Waals surface area contributed by atoms with Crippen LogP contribution in [-0.4, -0.2) is 26.5 Å². The van der Waals surface area contributed by atoms with Crippen LogP contribution in [-0.2, 0) is 0 Å². The van der Waals surface area contributed by atoms with Gasteiger partial charge >= 0.3 is 0 Å². The van der Waals surface area contributed by atoms with Crippen molar-refractivity contribution in [1.82, 2.24) is 20.6 Å². The van der Waals surface area contributed by atoms with Gasteiger partial charge in [0.2, 0.25) is 5.82 Å². The van der Waals surface area contributed by atoms with Crippen molar-refractivity contribution < 1.29 is 4.79 Å². The van der Waals surface area contributed by atoms with E-state index in [1.165, 1.54) is 6.20 Å². The van der Waals surface area contributed by atoms with Gasteiger partial charge in [0.05, 0.1) is 11.3 Å². The summed E-state index contributed by atoms with van der Waals surface area (Å²) in [6, 6.07) is 6.92. The molecule has 1 heterocycles. The number of nitriles is 1. The van der Waals surface area contributed by atoms with E-state index >= 15 is 0 Å². The minimum atomic E-state index is -0.583. The van der Waals surface area contributed by atoms with E-state index in [9.17, 15) is 4.79 Å². The van der Waals surface area contributed by atoms with Crippen LogP contribution < -0.4 is 11.1 Å². The van der Waals surface area contributed by atoms with E-state index < -0.39 is 5.91 Å². The Bertz CT molecular complexity index is 702. The molecule has 8 nitrogen and oxygen atoms in total. The third-order valence-corrected chi connectivity index (χ3v) is 3.01. The second-order valence-electron chi connectivity index (χ2n) is 3.58. The van der Waals surface area contributed by atoms with Crippen molar-refractivity contribution in [2.24, 2.45) is 5.73 Å². The molecule has 0 bridgehead atoms. The quantitative estimate of drug-likeness (QED) is 0.715. The second kappa shape index (κ2) is 5.94. The number of carbonyl (C=O) groups is 1. The van der Waals surface area contributed by atoms with Crippen molar-refractivity contribution in [2.45, 2.75) is 0 Å². The van der Waals surface area contributed by atoms with Crippen molar-refractivity contribution in [1.29, 1.82) is 5.26 Å². The Kier molecular flexibility index (Phi) is 4.07. The molecule has 0 saturated heterocycles. The number of nitrogens with two attached hydrogens (primary N) is 1. The number of benzene rings is 1. The summed E-state index contributed by atoms with van der Waals surface area (Å²) in [7, 11) is 0. The average molecular weight is 334 g/mol. The molecule has 0 aliphatic heterocycles. The maximum absolute atomic E-state index is 11.4. The van der Waals surface area contributed by atoms with Gasteiger partial charge in [-0.3, -0.25) is 4.79 Å². The Morgan fingerprint density at radius 3 is 2.95 bits per heavy atom. The number of amides is 1. The fraction of sp³-hybridized carbons (Fsp3) is 0. The van der Waals surface area contributed by atoms with Gasteiger partial charge in [-0.1, -0.05) is 6.07 Å². The molecule has 20 heavy (non-hydrogen) atoms. The van der Waals surface area contributed by atoms with E-state index in [0.29, 0.717) is 15.7 Å². The Labute approximate surface area is 121 Å². The van der Waals surface area contributed by atoms with Gasteiger partial charge in [0.15, 0.2) is 0 Å². The van der Waals surface area contributed by atoms with Crippen molar-refractivity contribution >= 4 is 33.1 Å². The number of anilines is 1. The summed E-state index contributed by atoms with van der Waals surface area (Å²) in [5.41, 5.74) is 6.20. The van der Waals surface area contributed by atoms with Crippen LogP contribution in [0.25, 0.3) is 5.57 Å². The average Bonchev–Trinajstić information content (AvgIpc) is 2.94. The van der Waals surface area contributed by atoms with Gasteiger partial charge in [0, 0.05) is 10.7 Å². The summed E-state index contributed by atoms with van der Waals surface area (Å²) in [4.78, 5) is 11.4. The van der Waals surface area contributed by atoms with Crippen LogP contribution in [0, 0.1) is 11.3 Å². The van der Waals surface area contributed by atoms with Gasteiger partial charge in [-0.05, 0) is 33.3 Å². The molecule has 0 atom stereocenters. The topological polar surface area (TPSA) is 133 Å². The molecule has 1 aromatic carbocycles. The van der Waals surface area contributed by atoms with Crippen molar-refractivity contribution in [2.75, 3.05) is 5.32 Å². The molecule has 2 rings (SSSR count). The second-order valence-corrected chi connectivity index (χ2v) is 4.43. The lowest BCUT2D eigenvalue weighted by atomic mass is 10.1. The summed E-state index contributed by atoms with van der Waals surface area (Å²) in [5.74, 6) is -0.437. The Balaban J connectivity index is 2.36. The lowest BCUT2D eigenvalue weighted by molar-refractivity contribution is 0.100. The van der Waals surface area contributed by atoms with E-state index in [1.54, 1.807) is 18.2 Å². The zero-order chi connectivity index (χ0) is 14.5. The van der Waals surface area contributed by atoms with E-state index in [0.717, 1.165) is 0 Å². The van der Waals surface area contributed by atoms with E-state index in [1.807, 2.05) is 6.07 Å².